The van der Waals surface area contributed by atoms with E-state index in [1.165, 1.54) is 0 Å². The van der Waals surface area contributed by atoms with E-state index in [4.69, 9.17) is 10.5 Å². The Morgan fingerprint density at radius 2 is 1.80 bits per heavy atom. The zero-order valence-electron chi connectivity index (χ0n) is 11.5. The van der Waals surface area contributed by atoms with Gasteiger partial charge in [0.15, 0.2) is 11.6 Å². The molecule has 0 aromatic heterocycles. The highest BCUT2D eigenvalue weighted by Gasteiger charge is 2.28. The van der Waals surface area contributed by atoms with Crippen molar-refractivity contribution in [1.82, 2.24) is 0 Å². The van der Waals surface area contributed by atoms with Crippen molar-refractivity contribution in [2.45, 2.75) is 26.2 Å². The molecule has 106 valence electrons. The minimum atomic E-state index is -1.03. The minimum absolute atomic E-state index is 0.115. The van der Waals surface area contributed by atoms with Gasteiger partial charge in [0.25, 0.3) is 0 Å². The number of hydrogen-bond acceptors (Lipinski definition) is 2. The molecule has 2 aromatic rings. The Balaban J connectivity index is 2.93. The molecule has 0 spiro atoms. The Bertz CT molecular complexity index is 692. The lowest BCUT2D eigenvalue weighted by atomic mass is 9.84. The number of primary amides is 1. The van der Waals surface area contributed by atoms with Crippen molar-refractivity contribution in [3.63, 3.8) is 0 Å². The second-order valence-electron chi connectivity index (χ2n) is 5.55. The van der Waals surface area contributed by atoms with Gasteiger partial charge in [0.2, 0.25) is 0 Å². The maximum atomic E-state index is 14.6. The molecule has 0 radical (unpaired) electrons. The Morgan fingerprint density at radius 3 is 2.30 bits per heavy atom. The van der Waals surface area contributed by atoms with Gasteiger partial charge in [0.1, 0.15) is 0 Å². The van der Waals surface area contributed by atoms with Crippen LogP contribution in [-0.4, -0.2) is 6.09 Å². The molecule has 0 aliphatic rings. The highest BCUT2D eigenvalue weighted by Crippen LogP contribution is 2.44. The van der Waals surface area contributed by atoms with Crippen molar-refractivity contribution in [2.75, 3.05) is 0 Å². The summed E-state index contributed by atoms with van der Waals surface area (Å²) in [6.07, 6.45) is -1.03. The first-order valence-corrected chi connectivity index (χ1v) is 6.90. The van der Waals surface area contributed by atoms with Crippen LogP contribution in [-0.2, 0) is 5.41 Å². The molecule has 1 amide bonds. The maximum Gasteiger partial charge on any atom is 0.410 e. The first kappa shape index (κ1) is 14.8. The van der Waals surface area contributed by atoms with Gasteiger partial charge in [-0.05, 0) is 26.7 Å². The SMILES string of the molecule is CC(C)(C)c1c(OC(N)=O)c(F)c2ccccc2c1Br. The monoisotopic (exact) mass is 339 g/mol. The van der Waals surface area contributed by atoms with Gasteiger partial charge in [-0.2, -0.15) is 0 Å². The Kier molecular flexibility index (Phi) is 3.73. The van der Waals surface area contributed by atoms with Gasteiger partial charge < -0.3 is 10.5 Å². The Morgan fingerprint density at radius 1 is 1.25 bits per heavy atom. The van der Waals surface area contributed by atoms with Crippen LogP contribution >= 0.6 is 15.9 Å². The number of halogens is 2. The summed E-state index contributed by atoms with van der Waals surface area (Å²) in [6, 6.07) is 7.00. The number of rotatable bonds is 1. The van der Waals surface area contributed by atoms with Crippen molar-refractivity contribution in [2.24, 2.45) is 5.73 Å². The van der Waals surface area contributed by atoms with E-state index in [0.29, 0.717) is 15.4 Å². The van der Waals surface area contributed by atoms with Crippen LogP contribution in [0.25, 0.3) is 10.8 Å². The molecule has 0 aliphatic carbocycles. The predicted octanol–water partition coefficient (Wildman–Crippen LogP) is 4.50. The highest BCUT2D eigenvalue weighted by atomic mass is 79.9. The zero-order chi connectivity index (χ0) is 15.1. The molecule has 2 N–H and O–H groups in total. The Labute approximate surface area is 125 Å². The third kappa shape index (κ3) is 2.50. The zero-order valence-corrected chi connectivity index (χ0v) is 13.0. The fraction of sp³-hybridized carbons (Fsp3) is 0.267. The van der Waals surface area contributed by atoms with Gasteiger partial charge in [-0.25, -0.2) is 9.18 Å². The highest BCUT2D eigenvalue weighted by molar-refractivity contribution is 9.10. The van der Waals surface area contributed by atoms with Crippen molar-refractivity contribution in [3.05, 3.63) is 40.1 Å². The van der Waals surface area contributed by atoms with E-state index in [-0.39, 0.29) is 5.75 Å². The van der Waals surface area contributed by atoms with Gasteiger partial charge in [0.05, 0.1) is 0 Å². The summed E-state index contributed by atoms with van der Waals surface area (Å²) in [5.74, 6) is -0.692. The van der Waals surface area contributed by atoms with E-state index in [1.807, 2.05) is 32.9 Å². The van der Waals surface area contributed by atoms with Gasteiger partial charge in [-0.3, -0.25) is 0 Å². The van der Waals surface area contributed by atoms with Crippen LogP contribution in [0.3, 0.4) is 0 Å². The first-order chi connectivity index (χ1) is 9.23. The van der Waals surface area contributed by atoms with E-state index < -0.39 is 17.3 Å². The van der Waals surface area contributed by atoms with Gasteiger partial charge in [-0.1, -0.05) is 45.0 Å². The molecule has 0 aliphatic heterocycles. The average Bonchev–Trinajstić information content (AvgIpc) is 2.33. The summed E-state index contributed by atoms with van der Waals surface area (Å²) in [5.41, 5.74) is 5.21. The van der Waals surface area contributed by atoms with E-state index in [1.54, 1.807) is 12.1 Å². The fourth-order valence-electron chi connectivity index (χ4n) is 2.20. The third-order valence-electron chi connectivity index (χ3n) is 3.00. The molecule has 3 nitrogen and oxygen atoms in total. The van der Waals surface area contributed by atoms with Crippen LogP contribution in [0.1, 0.15) is 26.3 Å². The summed E-state index contributed by atoms with van der Waals surface area (Å²) in [5, 5.41) is 1.11. The van der Waals surface area contributed by atoms with E-state index >= 15 is 0 Å². The summed E-state index contributed by atoms with van der Waals surface area (Å²) in [4.78, 5) is 11.1. The normalized spacial score (nSPS) is 11.7. The van der Waals surface area contributed by atoms with Crippen molar-refractivity contribution >= 4 is 32.8 Å². The first-order valence-electron chi connectivity index (χ1n) is 6.11. The van der Waals surface area contributed by atoms with Crippen LogP contribution in [0, 0.1) is 5.82 Å². The van der Waals surface area contributed by atoms with Crippen LogP contribution in [0.2, 0.25) is 0 Å². The molecule has 0 saturated carbocycles. The number of carbonyl (C=O) groups is 1. The molecule has 0 unspecified atom stereocenters. The van der Waals surface area contributed by atoms with Crippen LogP contribution < -0.4 is 10.5 Å². The van der Waals surface area contributed by atoms with Crippen LogP contribution in [0.4, 0.5) is 9.18 Å². The van der Waals surface area contributed by atoms with E-state index in [2.05, 4.69) is 15.9 Å². The molecule has 0 bridgehead atoms. The number of ether oxygens (including phenoxy) is 1. The van der Waals surface area contributed by atoms with E-state index in [0.717, 1.165) is 5.39 Å². The molecule has 0 saturated heterocycles. The smallest absolute Gasteiger partial charge is 0.407 e. The molecule has 20 heavy (non-hydrogen) atoms. The number of nitrogens with two attached hydrogens (primary N) is 1. The second-order valence-corrected chi connectivity index (χ2v) is 6.34. The lowest BCUT2D eigenvalue weighted by molar-refractivity contribution is 0.207. The topological polar surface area (TPSA) is 52.3 Å². The second kappa shape index (κ2) is 5.05. The Hall–Kier alpha value is -1.62. The summed E-state index contributed by atoms with van der Waals surface area (Å²) >= 11 is 3.49. The number of amides is 1. The molecule has 2 rings (SSSR count). The van der Waals surface area contributed by atoms with Crippen molar-refractivity contribution in [1.29, 1.82) is 0 Å². The maximum absolute atomic E-state index is 14.6. The summed E-state index contributed by atoms with van der Waals surface area (Å²) < 4.78 is 20.3. The quantitative estimate of drug-likeness (QED) is 0.831. The van der Waals surface area contributed by atoms with Crippen molar-refractivity contribution < 1.29 is 13.9 Å². The molecule has 2 aromatic carbocycles. The van der Waals surface area contributed by atoms with E-state index in [9.17, 15) is 9.18 Å². The molecule has 0 fully saturated rings. The third-order valence-corrected chi connectivity index (χ3v) is 3.82. The van der Waals surface area contributed by atoms with Gasteiger partial charge in [0, 0.05) is 15.4 Å². The summed E-state index contributed by atoms with van der Waals surface area (Å²) in [7, 11) is 0. The average molecular weight is 340 g/mol. The van der Waals surface area contributed by atoms with Gasteiger partial charge >= 0.3 is 6.09 Å². The number of fused-ring (bicyclic) bond motifs is 1. The summed E-state index contributed by atoms with van der Waals surface area (Å²) in [6.45, 7) is 5.74. The largest absolute Gasteiger partial charge is 0.410 e. The molecular weight excluding hydrogens is 325 g/mol. The number of carbonyl (C=O) groups excluding carboxylic acids is 1. The molecule has 0 atom stereocenters. The predicted molar refractivity (Wildman–Crippen MR) is 80.5 cm³/mol. The fourth-order valence-corrected chi connectivity index (χ4v) is 3.32. The molecule has 0 heterocycles. The van der Waals surface area contributed by atoms with Gasteiger partial charge in [-0.15, -0.1) is 0 Å². The lowest BCUT2D eigenvalue weighted by Gasteiger charge is -2.25. The lowest BCUT2D eigenvalue weighted by Crippen LogP contribution is -2.22. The number of hydrogen-bond donors (Lipinski definition) is 1. The molecular formula is C15H15BrFNO2. The van der Waals surface area contributed by atoms with Crippen LogP contribution in [0.5, 0.6) is 5.75 Å². The molecule has 5 heteroatoms. The van der Waals surface area contributed by atoms with Crippen LogP contribution in [0.15, 0.2) is 28.7 Å². The van der Waals surface area contributed by atoms with Crippen molar-refractivity contribution in [3.8, 4) is 5.75 Å². The minimum Gasteiger partial charge on any atom is -0.407 e. The number of benzene rings is 2. The standard InChI is InChI=1S/C15H15BrFNO2/c1-15(2,3)10-11(16)8-6-4-5-7-9(8)12(17)13(10)20-14(18)19/h4-7H,1-3H3,(H2,18,19).